The van der Waals surface area contributed by atoms with Crippen LogP contribution < -0.4 is 5.43 Å². The summed E-state index contributed by atoms with van der Waals surface area (Å²) in [7, 11) is 1.91. The van der Waals surface area contributed by atoms with Gasteiger partial charge in [-0.1, -0.05) is 6.07 Å². The number of hydrazone groups is 1. The van der Waals surface area contributed by atoms with Crippen LogP contribution in [0, 0.1) is 0 Å². The predicted molar refractivity (Wildman–Crippen MR) is 73.7 cm³/mol. The van der Waals surface area contributed by atoms with Crippen LogP contribution in [0.4, 0.5) is 0 Å². The second kappa shape index (κ2) is 5.95. The van der Waals surface area contributed by atoms with Crippen LogP contribution in [0.1, 0.15) is 18.2 Å². The molecule has 0 fully saturated rings. The van der Waals surface area contributed by atoms with Crippen molar-refractivity contribution >= 4 is 11.6 Å². The number of nitrogens with one attached hydrogen (secondary N) is 1. The van der Waals surface area contributed by atoms with Crippen LogP contribution in [0.2, 0.25) is 0 Å². The molecule has 0 aliphatic carbocycles. The summed E-state index contributed by atoms with van der Waals surface area (Å²) in [5, 5.41) is 4.07. The zero-order valence-electron chi connectivity index (χ0n) is 11.0. The van der Waals surface area contributed by atoms with Gasteiger partial charge in [0.1, 0.15) is 0 Å². The van der Waals surface area contributed by atoms with Gasteiger partial charge in [0.2, 0.25) is 5.91 Å². The van der Waals surface area contributed by atoms with E-state index in [9.17, 15) is 4.79 Å². The van der Waals surface area contributed by atoms with E-state index in [4.69, 9.17) is 0 Å². The molecule has 0 bridgehead atoms. The molecule has 0 saturated carbocycles. The molecule has 2 rings (SSSR count). The van der Waals surface area contributed by atoms with Crippen molar-refractivity contribution in [2.24, 2.45) is 12.1 Å². The minimum Gasteiger partial charge on any atom is -0.354 e. The van der Waals surface area contributed by atoms with E-state index in [2.05, 4.69) is 15.5 Å². The van der Waals surface area contributed by atoms with Gasteiger partial charge in [0, 0.05) is 36.9 Å². The molecule has 2 aromatic heterocycles. The Morgan fingerprint density at radius 3 is 2.89 bits per heavy atom. The van der Waals surface area contributed by atoms with Crippen molar-refractivity contribution in [1.29, 1.82) is 0 Å². The third-order valence-corrected chi connectivity index (χ3v) is 2.82. The van der Waals surface area contributed by atoms with Crippen molar-refractivity contribution in [2.45, 2.75) is 13.3 Å². The molecule has 19 heavy (non-hydrogen) atoms. The molecule has 0 atom stereocenters. The average molecular weight is 256 g/mol. The Kier molecular flexibility index (Phi) is 4.07. The minimum absolute atomic E-state index is 0.134. The number of nitrogens with zero attached hydrogens (tertiary/aromatic N) is 3. The summed E-state index contributed by atoms with van der Waals surface area (Å²) in [6, 6.07) is 7.55. The van der Waals surface area contributed by atoms with E-state index >= 15 is 0 Å². The topological polar surface area (TPSA) is 59.3 Å². The highest BCUT2D eigenvalue weighted by molar-refractivity contribution is 5.98. The monoisotopic (exact) mass is 256 g/mol. The fraction of sp³-hybridized carbons (Fsp3) is 0.214. The fourth-order valence-electron chi connectivity index (χ4n) is 1.67. The third-order valence-electron chi connectivity index (χ3n) is 2.82. The van der Waals surface area contributed by atoms with Crippen LogP contribution >= 0.6 is 0 Å². The normalized spacial score (nSPS) is 11.4. The highest BCUT2D eigenvalue weighted by atomic mass is 16.2. The van der Waals surface area contributed by atoms with Crippen LogP contribution in [0.15, 0.2) is 48.0 Å². The van der Waals surface area contributed by atoms with Crippen LogP contribution in [0.25, 0.3) is 0 Å². The molecular weight excluding hydrogens is 240 g/mol. The Hall–Kier alpha value is -2.43. The zero-order valence-corrected chi connectivity index (χ0v) is 11.0. The van der Waals surface area contributed by atoms with Gasteiger partial charge in [-0.3, -0.25) is 9.78 Å². The first-order chi connectivity index (χ1) is 9.16. The number of aryl methyl sites for hydroxylation is 1. The Morgan fingerprint density at radius 1 is 1.42 bits per heavy atom. The van der Waals surface area contributed by atoms with Crippen LogP contribution in [0.5, 0.6) is 0 Å². The lowest BCUT2D eigenvalue weighted by atomic mass is 10.2. The second-order valence-corrected chi connectivity index (χ2v) is 4.26. The number of pyridine rings is 1. The van der Waals surface area contributed by atoms with Gasteiger partial charge >= 0.3 is 0 Å². The lowest BCUT2D eigenvalue weighted by Crippen LogP contribution is -2.22. The van der Waals surface area contributed by atoms with Crippen molar-refractivity contribution in [2.75, 3.05) is 0 Å². The molecule has 2 aromatic rings. The van der Waals surface area contributed by atoms with E-state index in [0.717, 1.165) is 17.0 Å². The van der Waals surface area contributed by atoms with Crippen LogP contribution in [-0.2, 0) is 18.3 Å². The second-order valence-electron chi connectivity index (χ2n) is 4.26. The number of aromatic nitrogens is 2. The SMILES string of the molecule is CC(=NNC(=O)Cc1cccn1C)c1cccnc1. The average Bonchev–Trinajstić information content (AvgIpc) is 2.82. The number of carbonyl (C=O) groups is 1. The molecule has 98 valence electrons. The lowest BCUT2D eigenvalue weighted by molar-refractivity contribution is -0.120. The molecule has 5 nitrogen and oxygen atoms in total. The molecule has 2 heterocycles. The van der Waals surface area contributed by atoms with E-state index in [1.165, 1.54) is 0 Å². The maximum absolute atomic E-state index is 11.8. The summed E-state index contributed by atoms with van der Waals surface area (Å²) in [6.07, 6.45) is 5.63. The van der Waals surface area contributed by atoms with Crippen molar-refractivity contribution in [3.05, 3.63) is 54.1 Å². The molecule has 0 aromatic carbocycles. The van der Waals surface area contributed by atoms with Crippen molar-refractivity contribution in [3.8, 4) is 0 Å². The summed E-state index contributed by atoms with van der Waals surface area (Å²) >= 11 is 0. The quantitative estimate of drug-likeness (QED) is 0.665. The third kappa shape index (κ3) is 3.51. The first-order valence-corrected chi connectivity index (χ1v) is 6.00. The highest BCUT2D eigenvalue weighted by Gasteiger charge is 2.05. The van der Waals surface area contributed by atoms with Crippen molar-refractivity contribution in [3.63, 3.8) is 0 Å². The maximum Gasteiger partial charge on any atom is 0.246 e. The van der Waals surface area contributed by atoms with E-state index < -0.39 is 0 Å². The van der Waals surface area contributed by atoms with Crippen LogP contribution in [0.3, 0.4) is 0 Å². The van der Waals surface area contributed by atoms with Crippen molar-refractivity contribution in [1.82, 2.24) is 15.0 Å². The minimum atomic E-state index is -0.134. The molecule has 0 radical (unpaired) electrons. The Balaban J connectivity index is 1.95. The predicted octanol–water partition coefficient (Wildman–Crippen LogP) is 1.50. The van der Waals surface area contributed by atoms with Gasteiger partial charge in [-0.25, -0.2) is 5.43 Å². The number of hydrogen-bond donors (Lipinski definition) is 1. The van der Waals surface area contributed by atoms with Gasteiger partial charge in [-0.05, 0) is 25.1 Å². The summed E-state index contributed by atoms with van der Waals surface area (Å²) in [5.41, 5.74) is 5.13. The molecule has 1 amide bonds. The van der Waals surface area contributed by atoms with Gasteiger partial charge in [0.25, 0.3) is 0 Å². The first kappa shape index (κ1) is 13.0. The molecule has 1 N–H and O–H groups in total. The first-order valence-electron chi connectivity index (χ1n) is 6.00. The summed E-state index contributed by atoms with van der Waals surface area (Å²) in [5.74, 6) is -0.134. The van der Waals surface area contributed by atoms with Gasteiger partial charge < -0.3 is 4.57 Å². The number of carbonyl (C=O) groups excluding carboxylic acids is 1. The summed E-state index contributed by atoms with van der Waals surface area (Å²) < 4.78 is 1.91. The lowest BCUT2D eigenvalue weighted by Gasteiger charge is -2.04. The molecule has 0 aliphatic heterocycles. The van der Waals surface area contributed by atoms with Gasteiger partial charge in [-0.2, -0.15) is 5.10 Å². The number of amides is 1. The molecular formula is C14H16N4O. The largest absolute Gasteiger partial charge is 0.354 e. The highest BCUT2D eigenvalue weighted by Crippen LogP contribution is 2.01. The Labute approximate surface area is 112 Å². The molecule has 0 spiro atoms. The Morgan fingerprint density at radius 2 is 2.26 bits per heavy atom. The standard InChI is InChI=1S/C14H16N4O/c1-11(12-5-3-7-15-10-12)16-17-14(19)9-13-6-4-8-18(13)2/h3-8,10H,9H2,1-2H3,(H,17,19). The molecule has 0 aliphatic rings. The number of rotatable bonds is 4. The maximum atomic E-state index is 11.8. The molecule has 0 saturated heterocycles. The van der Waals surface area contributed by atoms with Gasteiger partial charge in [0.05, 0.1) is 12.1 Å². The van der Waals surface area contributed by atoms with E-state index in [-0.39, 0.29) is 5.91 Å². The molecule has 5 heteroatoms. The zero-order chi connectivity index (χ0) is 13.7. The van der Waals surface area contributed by atoms with Crippen LogP contribution in [-0.4, -0.2) is 21.2 Å². The van der Waals surface area contributed by atoms with Crippen molar-refractivity contribution < 1.29 is 4.79 Å². The van der Waals surface area contributed by atoms with E-state index in [0.29, 0.717) is 6.42 Å². The smallest absolute Gasteiger partial charge is 0.246 e. The Bertz CT molecular complexity index is 587. The van der Waals surface area contributed by atoms with E-state index in [1.54, 1.807) is 12.4 Å². The van der Waals surface area contributed by atoms with E-state index in [1.807, 2.05) is 49.0 Å². The summed E-state index contributed by atoms with van der Waals surface area (Å²) in [6.45, 7) is 1.83. The van der Waals surface area contributed by atoms with Gasteiger partial charge in [0.15, 0.2) is 0 Å². The fourth-order valence-corrected chi connectivity index (χ4v) is 1.67. The number of hydrogen-bond acceptors (Lipinski definition) is 3. The summed E-state index contributed by atoms with van der Waals surface area (Å²) in [4.78, 5) is 15.8. The molecule has 0 unspecified atom stereocenters. The van der Waals surface area contributed by atoms with Gasteiger partial charge in [-0.15, -0.1) is 0 Å².